The van der Waals surface area contributed by atoms with Crippen molar-refractivity contribution in [2.24, 2.45) is 0 Å². The first kappa shape index (κ1) is 11.1. The van der Waals surface area contributed by atoms with Crippen molar-refractivity contribution in [2.45, 2.75) is 25.1 Å². The van der Waals surface area contributed by atoms with E-state index in [-0.39, 0.29) is 11.7 Å². The standard InChI is InChI=1S/C12H12ClNO2/c1-7(13)12(16)9-3-2-4-10-8(9)5-6-11(15)14-10/h2-4,7H,5-6H2,1H3,(H,14,15). The van der Waals surface area contributed by atoms with Crippen LogP contribution in [0.4, 0.5) is 5.69 Å². The van der Waals surface area contributed by atoms with E-state index >= 15 is 0 Å². The van der Waals surface area contributed by atoms with Gasteiger partial charge in [0.05, 0.1) is 5.38 Å². The van der Waals surface area contributed by atoms with Crippen LogP contribution in [0.2, 0.25) is 0 Å². The number of amides is 1. The van der Waals surface area contributed by atoms with E-state index in [1.807, 2.05) is 6.07 Å². The Hall–Kier alpha value is -1.35. The van der Waals surface area contributed by atoms with Gasteiger partial charge in [-0.1, -0.05) is 12.1 Å². The van der Waals surface area contributed by atoms with Gasteiger partial charge in [-0.05, 0) is 25.0 Å². The van der Waals surface area contributed by atoms with Crippen LogP contribution in [0.25, 0.3) is 0 Å². The maximum atomic E-state index is 11.9. The lowest BCUT2D eigenvalue weighted by Gasteiger charge is -2.19. The van der Waals surface area contributed by atoms with Crippen LogP contribution in [0, 0.1) is 0 Å². The Kier molecular flexibility index (Phi) is 2.97. The summed E-state index contributed by atoms with van der Waals surface area (Å²) < 4.78 is 0. The minimum absolute atomic E-state index is 0.00368. The van der Waals surface area contributed by atoms with Crippen molar-refractivity contribution in [1.29, 1.82) is 0 Å². The van der Waals surface area contributed by atoms with Gasteiger partial charge in [-0.25, -0.2) is 0 Å². The average Bonchev–Trinajstić information content (AvgIpc) is 2.26. The second kappa shape index (κ2) is 4.26. The number of ketones is 1. The summed E-state index contributed by atoms with van der Waals surface area (Å²) >= 11 is 5.80. The summed E-state index contributed by atoms with van der Waals surface area (Å²) in [6.07, 6.45) is 1.03. The van der Waals surface area contributed by atoms with E-state index in [1.54, 1.807) is 19.1 Å². The first-order valence-electron chi connectivity index (χ1n) is 5.19. The van der Waals surface area contributed by atoms with E-state index in [4.69, 9.17) is 11.6 Å². The van der Waals surface area contributed by atoms with Gasteiger partial charge in [-0.3, -0.25) is 9.59 Å². The third-order valence-corrected chi connectivity index (χ3v) is 2.88. The van der Waals surface area contributed by atoms with Crippen LogP contribution in [0.5, 0.6) is 0 Å². The molecule has 1 aromatic rings. The SMILES string of the molecule is CC(Cl)C(=O)c1cccc2c1CCC(=O)N2. The highest BCUT2D eigenvalue weighted by Crippen LogP contribution is 2.27. The summed E-state index contributed by atoms with van der Waals surface area (Å²) in [7, 11) is 0. The number of Topliss-reactive ketones (excluding diaryl/α,β-unsaturated/α-hetero) is 1. The van der Waals surface area contributed by atoms with Crippen molar-refractivity contribution in [3.05, 3.63) is 29.3 Å². The Bertz CT molecular complexity index is 454. The molecule has 1 amide bonds. The second-order valence-electron chi connectivity index (χ2n) is 3.86. The number of hydrogen-bond acceptors (Lipinski definition) is 2. The van der Waals surface area contributed by atoms with Crippen LogP contribution < -0.4 is 5.32 Å². The Labute approximate surface area is 98.8 Å². The summed E-state index contributed by atoms with van der Waals surface area (Å²) in [5.74, 6) is -0.0920. The van der Waals surface area contributed by atoms with E-state index < -0.39 is 5.38 Å². The normalized spacial score (nSPS) is 16.2. The number of halogens is 1. The summed E-state index contributed by atoms with van der Waals surface area (Å²) in [5.41, 5.74) is 2.26. The Balaban J connectivity index is 2.45. The van der Waals surface area contributed by atoms with Crippen molar-refractivity contribution < 1.29 is 9.59 Å². The molecule has 4 heteroatoms. The molecule has 0 radical (unpaired) electrons. The van der Waals surface area contributed by atoms with Crippen LogP contribution in [-0.2, 0) is 11.2 Å². The fourth-order valence-corrected chi connectivity index (χ4v) is 1.99. The Morgan fingerprint density at radius 1 is 1.44 bits per heavy atom. The van der Waals surface area contributed by atoms with E-state index in [2.05, 4.69) is 5.32 Å². The van der Waals surface area contributed by atoms with Crippen LogP contribution in [0.1, 0.15) is 29.3 Å². The maximum absolute atomic E-state index is 11.9. The molecule has 1 atom stereocenters. The van der Waals surface area contributed by atoms with Gasteiger partial charge in [0.2, 0.25) is 5.91 Å². The molecule has 1 heterocycles. The number of hydrogen-bond donors (Lipinski definition) is 1. The zero-order chi connectivity index (χ0) is 11.7. The van der Waals surface area contributed by atoms with Crippen molar-refractivity contribution >= 4 is 29.0 Å². The fraction of sp³-hybridized carbons (Fsp3) is 0.333. The van der Waals surface area contributed by atoms with Crippen LogP contribution in [0.3, 0.4) is 0 Å². The zero-order valence-corrected chi connectivity index (χ0v) is 9.67. The molecule has 1 aliphatic heterocycles. The zero-order valence-electron chi connectivity index (χ0n) is 8.92. The van der Waals surface area contributed by atoms with Gasteiger partial charge in [0.25, 0.3) is 0 Å². The van der Waals surface area contributed by atoms with Crippen molar-refractivity contribution in [2.75, 3.05) is 5.32 Å². The molecule has 0 fully saturated rings. The lowest BCUT2D eigenvalue weighted by Crippen LogP contribution is -2.22. The predicted octanol–water partition coefficient (Wildman–Crippen LogP) is 2.38. The van der Waals surface area contributed by atoms with E-state index in [0.29, 0.717) is 18.4 Å². The molecule has 0 aromatic heterocycles. The highest BCUT2D eigenvalue weighted by atomic mass is 35.5. The minimum atomic E-state index is -0.538. The smallest absolute Gasteiger partial charge is 0.224 e. The van der Waals surface area contributed by atoms with E-state index in [9.17, 15) is 9.59 Å². The van der Waals surface area contributed by atoms with Crippen LogP contribution in [-0.4, -0.2) is 17.1 Å². The van der Waals surface area contributed by atoms with Gasteiger partial charge in [-0.2, -0.15) is 0 Å². The average molecular weight is 238 g/mol. The molecule has 1 aromatic carbocycles. The molecule has 0 saturated carbocycles. The molecular formula is C12H12ClNO2. The maximum Gasteiger partial charge on any atom is 0.224 e. The van der Waals surface area contributed by atoms with Gasteiger partial charge in [-0.15, -0.1) is 11.6 Å². The summed E-state index contributed by atoms with van der Waals surface area (Å²) in [6, 6.07) is 5.33. The Morgan fingerprint density at radius 3 is 2.88 bits per heavy atom. The van der Waals surface area contributed by atoms with E-state index in [0.717, 1.165) is 11.3 Å². The van der Waals surface area contributed by atoms with Crippen LogP contribution in [0.15, 0.2) is 18.2 Å². The molecule has 1 N–H and O–H groups in total. The lowest BCUT2D eigenvalue weighted by atomic mass is 9.94. The first-order valence-corrected chi connectivity index (χ1v) is 5.63. The highest BCUT2D eigenvalue weighted by Gasteiger charge is 2.22. The molecular weight excluding hydrogens is 226 g/mol. The summed E-state index contributed by atoms with van der Waals surface area (Å²) in [5, 5.41) is 2.22. The third-order valence-electron chi connectivity index (χ3n) is 2.68. The number of fused-ring (bicyclic) bond motifs is 1. The number of rotatable bonds is 2. The quantitative estimate of drug-likeness (QED) is 0.634. The summed E-state index contributed by atoms with van der Waals surface area (Å²) in [6.45, 7) is 1.66. The number of anilines is 1. The molecule has 1 unspecified atom stereocenters. The number of nitrogens with one attached hydrogen (secondary N) is 1. The van der Waals surface area contributed by atoms with Crippen molar-refractivity contribution in [3.63, 3.8) is 0 Å². The van der Waals surface area contributed by atoms with E-state index in [1.165, 1.54) is 0 Å². The van der Waals surface area contributed by atoms with Crippen molar-refractivity contribution in [1.82, 2.24) is 0 Å². The monoisotopic (exact) mass is 237 g/mol. The van der Waals surface area contributed by atoms with Gasteiger partial charge in [0.1, 0.15) is 0 Å². The van der Waals surface area contributed by atoms with Gasteiger partial charge < -0.3 is 5.32 Å². The van der Waals surface area contributed by atoms with Gasteiger partial charge in [0.15, 0.2) is 5.78 Å². The molecule has 84 valence electrons. The molecule has 0 bridgehead atoms. The lowest BCUT2D eigenvalue weighted by molar-refractivity contribution is -0.116. The second-order valence-corrected chi connectivity index (χ2v) is 4.51. The molecule has 0 saturated heterocycles. The number of benzene rings is 1. The molecule has 2 rings (SSSR count). The fourth-order valence-electron chi connectivity index (χ4n) is 1.87. The third kappa shape index (κ3) is 1.95. The molecule has 1 aliphatic rings. The topological polar surface area (TPSA) is 46.2 Å². The number of carbonyl (C=O) groups excluding carboxylic acids is 2. The molecule has 3 nitrogen and oxygen atoms in total. The number of alkyl halides is 1. The van der Waals surface area contributed by atoms with Gasteiger partial charge >= 0.3 is 0 Å². The minimum Gasteiger partial charge on any atom is -0.326 e. The Morgan fingerprint density at radius 2 is 2.19 bits per heavy atom. The molecule has 16 heavy (non-hydrogen) atoms. The number of carbonyl (C=O) groups is 2. The first-order chi connectivity index (χ1) is 7.59. The largest absolute Gasteiger partial charge is 0.326 e. The van der Waals surface area contributed by atoms with Crippen molar-refractivity contribution in [3.8, 4) is 0 Å². The molecule has 0 spiro atoms. The summed E-state index contributed by atoms with van der Waals surface area (Å²) in [4.78, 5) is 23.1. The van der Waals surface area contributed by atoms with Crippen LogP contribution >= 0.6 is 11.6 Å². The predicted molar refractivity (Wildman–Crippen MR) is 63.0 cm³/mol. The highest BCUT2D eigenvalue weighted by molar-refractivity contribution is 6.33. The molecule has 0 aliphatic carbocycles. The van der Waals surface area contributed by atoms with Gasteiger partial charge in [0, 0.05) is 17.7 Å².